The van der Waals surface area contributed by atoms with Gasteiger partial charge in [-0.1, -0.05) is 41.5 Å². The first-order valence-corrected chi connectivity index (χ1v) is 18.5. The number of rotatable bonds is 9. The topological polar surface area (TPSA) is 27.7 Å². The normalized spacial score (nSPS) is 14.7. The minimum absolute atomic E-state index is 0.553. The highest BCUT2D eigenvalue weighted by Gasteiger charge is 2.41. The van der Waals surface area contributed by atoms with Crippen LogP contribution in [-0.2, 0) is 12.6 Å². The molecular formula is C15H39O3PSi3. The fraction of sp³-hybridized carbons (Fsp3) is 1.00. The smallest absolute Gasteiger partial charge is 0.300 e. The van der Waals surface area contributed by atoms with E-state index in [1.165, 1.54) is 0 Å². The van der Waals surface area contributed by atoms with Gasteiger partial charge in [0.05, 0.1) is 0 Å². The molecule has 0 fully saturated rings. The highest BCUT2D eigenvalue weighted by molar-refractivity contribution is 7.47. The molecule has 0 bridgehead atoms. The Morgan fingerprint density at radius 3 is 0.818 bits per heavy atom. The summed E-state index contributed by atoms with van der Waals surface area (Å²) in [5.74, 6) is 0. The van der Waals surface area contributed by atoms with Crippen molar-refractivity contribution in [3.63, 3.8) is 0 Å². The molecule has 134 valence electrons. The third-order valence-electron chi connectivity index (χ3n) is 5.10. The molecule has 0 heterocycles. The molecule has 0 atom stereocenters. The summed E-state index contributed by atoms with van der Waals surface area (Å²) in [5.41, 5.74) is 1.66. The SMILES string of the molecule is CC(C)[Si](C)(C)OP(O[Si](C)(C)C(C)C)O[Si](C)(C)C(C)C. The zero-order chi connectivity index (χ0) is 17.9. The van der Waals surface area contributed by atoms with Gasteiger partial charge in [-0.05, 0) is 55.9 Å². The van der Waals surface area contributed by atoms with Gasteiger partial charge in [0.2, 0.25) is 0 Å². The third-order valence-corrected chi connectivity index (χ3v) is 20.9. The summed E-state index contributed by atoms with van der Waals surface area (Å²) >= 11 is 0. The Balaban J connectivity index is 5.25. The van der Waals surface area contributed by atoms with E-state index in [-0.39, 0.29) is 0 Å². The van der Waals surface area contributed by atoms with Crippen LogP contribution in [-0.4, -0.2) is 25.0 Å². The molecule has 0 aliphatic carbocycles. The van der Waals surface area contributed by atoms with Gasteiger partial charge in [-0.25, -0.2) is 0 Å². The van der Waals surface area contributed by atoms with Crippen molar-refractivity contribution in [3.8, 4) is 0 Å². The van der Waals surface area contributed by atoms with Crippen molar-refractivity contribution in [2.24, 2.45) is 0 Å². The number of hydrogen-bond acceptors (Lipinski definition) is 3. The van der Waals surface area contributed by atoms with Crippen molar-refractivity contribution >= 4 is 33.6 Å². The van der Waals surface area contributed by atoms with Crippen LogP contribution in [0.2, 0.25) is 55.9 Å². The van der Waals surface area contributed by atoms with Crippen LogP contribution in [0.4, 0.5) is 0 Å². The summed E-state index contributed by atoms with van der Waals surface area (Å²) in [4.78, 5) is 0. The van der Waals surface area contributed by atoms with Crippen molar-refractivity contribution in [2.45, 2.75) is 97.4 Å². The van der Waals surface area contributed by atoms with E-state index in [9.17, 15) is 0 Å². The molecule has 0 unspecified atom stereocenters. The Hall–Kier alpha value is 0.961. The van der Waals surface area contributed by atoms with E-state index in [2.05, 4.69) is 80.8 Å². The molecule has 7 heteroatoms. The molecule has 0 saturated heterocycles. The largest absolute Gasteiger partial charge is 0.355 e. The van der Waals surface area contributed by atoms with Crippen LogP contribution in [0.1, 0.15) is 41.5 Å². The second kappa shape index (κ2) is 8.37. The van der Waals surface area contributed by atoms with E-state index in [1.807, 2.05) is 0 Å². The molecule has 0 aromatic rings. The predicted molar refractivity (Wildman–Crippen MR) is 108 cm³/mol. The lowest BCUT2D eigenvalue weighted by Crippen LogP contribution is -2.40. The van der Waals surface area contributed by atoms with Crippen molar-refractivity contribution in [1.29, 1.82) is 0 Å². The molecule has 0 aliphatic rings. The van der Waals surface area contributed by atoms with Gasteiger partial charge in [-0.3, -0.25) is 0 Å². The summed E-state index contributed by atoms with van der Waals surface area (Å²) in [6.07, 6.45) is 0. The monoisotopic (exact) mass is 382 g/mol. The van der Waals surface area contributed by atoms with E-state index in [0.717, 1.165) is 0 Å². The molecule has 0 aliphatic heterocycles. The van der Waals surface area contributed by atoms with Gasteiger partial charge in [-0.2, -0.15) is 0 Å². The van der Waals surface area contributed by atoms with Gasteiger partial charge in [0.1, 0.15) is 0 Å². The standard InChI is InChI=1S/C15H39O3PSi3/c1-13(2)20(7,8)16-19(17-21(9,10)14(3)4)18-22(11,12)15(5)6/h13-15H,1-12H3. The van der Waals surface area contributed by atoms with Crippen molar-refractivity contribution < 1.29 is 12.6 Å². The molecule has 0 rings (SSSR count). The molecular weight excluding hydrogens is 343 g/mol. The average Bonchev–Trinajstić information content (AvgIpc) is 2.25. The van der Waals surface area contributed by atoms with Gasteiger partial charge in [0, 0.05) is 0 Å². The van der Waals surface area contributed by atoms with E-state index >= 15 is 0 Å². The maximum atomic E-state index is 6.50. The zero-order valence-electron chi connectivity index (χ0n) is 16.9. The van der Waals surface area contributed by atoms with Crippen LogP contribution in [0.25, 0.3) is 0 Å². The lowest BCUT2D eigenvalue weighted by molar-refractivity contribution is 0.367. The Labute approximate surface area is 143 Å². The highest BCUT2D eigenvalue weighted by atomic mass is 31.2. The van der Waals surface area contributed by atoms with Gasteiger partial charge >= 0.3 is 0 Å². The molecule has 0 N–H and O–H groups in total. The summed E-state index contributed by atoms with van der Waals surface area (Å²) in [7, 11) is -6.61. The quantitative estimate of drug-likeness (QED) is 0.314. The predicted octanol–water partition coefficient (Wildman–Crippen LogP) is 7.11. The van der Waals surface area contributed by atoms with Gasteiger partial charge < -0.3 is 12.6 Å². The fourth-order valence-corrected chi connectivity index (χ4v) is 9.54. The van der Waals surface area contributed by atoms with Crippen LogP contribution < -0.4 is 0 Å². The van der Waals surface area contributed by atoms with Crippen molar-refractivity contribution in [3.05, 3.63) is 0 Å². The van der Waals surface area contributed by atoms with E-state index in [0.29, 0.717) is 16.6 Å². The van der Waals surface area contributed by atoms with Crippen molar-refractivity contribution in [2.75, 3.05) is 0 Å². The van der Waals surface area contributed by atoms with Crippen LogP contribution in [0.5, 0.6) is 0 Å². The van der Waals surface area contributed by atoms with Crippen LogP contribution in [0.3, 0.4) is 0 Å². The summed E-state index contributed by atoms with van der Waals surface area (Å²) in [6, 6.07) is 0. The minimum atomic E-state index is -1.79. The average molecular weight is 383 g/mol. The lowest BCUT2D eigenvalue weighted by Gasteiger charge is -2.39. The Bertz CT molecular complexity index is 293. The van der Waals surface area contributed by atoms with Crippen LogP contribution >= 0.6 is 8.60 Å². The molecule has 0 saturated carbocycles. The molecule has 0 amide bonds. The van der Waals surface area contributed by atoms with Gasteiger partial charge in [-0.15, -0.1) is 0 Å². The maximum Gasteiger partial charge on any atom is 0.300 e. The van der Waals surface area contributed by atoms with E-state index in [4.69, 9.17) is 12.6 Å². The second-order valence-corrected chi connectivity index (χ2v) is 24.5. The summed E-state index contributed by atoms with van der Waals surface area (Å²) in [6.45, 7) is 27.1. The Kier molecular flexibility index (Phi) is 8.73. The zero-order valence-corrected chi connectivity index (χ0v) is 20.8. The lowest BCUT2D eigenvalue weighted by atomic mass is 10.6. The molecule has 0 aromatic heterocycles. The van der Waals surface area contributed by atoms with Crippen molar-refractivity contribution in [1.82, 2.24) is 0 Å². The first-order valence-electron chi connectivity index (χ1n) is 8.49. The fourth-order valence-electron chi connectivity index (χ4n) is 0.948. The summed E-state index contributed by atoms with van der Waals surface area (Å²) in [5, 5.41) is 0. The Morgan fingerprint density at radius 1 is 0.500 bits per heavy atom. The number of hydrogen-bond donors (Lipinski definition) is 0. The minimum Gasteiger partial charge on any atom is -0.355 e. The first kappa shape index (κ1) is 23.0. The van der Waals surface area contributed by atoms with E-state index < -0.39 is 33.6 Å². The third kappa shape index (κ3) is 7.24. The van der Waals surface area contributed by atoms with Gasteiger partial charge in [0.15, 0.2) is 25.0 Å². The molecule has 0 spiro atoms. The first-order chi connectivity index (χ1) is 9.62. The molecule has 0 aromatic carbocycles. The molecule has 3 nitrogen and oxygen atoms in total. The second-order valence-electron chi connectivity index (χ2n) is 8.77. The molecule has 0 radical (unpaired) electrons. The van der Waals surface area contributed by atoms with E-state index in [1.54, 1.807) is 0 Å². The van der Waals surface area contributed by atoms with Gasteiger partial charge in [0.25, 0.3) is 8.60 Å². The van der Waals surface area contributed by atoms with Crippen LogP contribution in [0.15, 0.2) is 0 Å². The van der Waals surface area contributed by atoms with Crippen LogP contribution in [0, 0.1) is 0 Å². The maximum absolute atomic E-state index is 6.50. The summed E-state index contributed by atoms with van der Waals surface area (Å²) < 4.78 is 19.5. The Morgan fingerprint density at radius 2 is 0.682 bits per heavy atom. The highest BCUT2D eigenvalue weighted by Crippen LogP contribution is 2.52. The molecule has 22 heavy (non-hydrogen) atoms.